The van der Waals surface area contributed by atoms with Crippen LogP contribution in [0.3, 0.4) is 0 Å². The van der Waals surface area contributed by atoms with Crippen molar-refractivity contribution < 1.29 is 46.7 Å². The molecule has 2 rings (SSSR count). The van der Waals surface area contributed by atoms with E-state index in [0.29, 0.717) is 11.4 Å². The van der Waals surface area contributed by atoms with Crippen LogP contribution in [0.25, 0.3) is 5.69 Å². The second-order valence-electron chi connectivity index (χ2n) is 4.76. The van der Waals surface area contributed by atoms with Crippen molar-refractivity contribution in [2.75, 3.05) is 18.7 Å². The fourth-order valence-electron chi connectivity index (χ4n) is 2.20. The van der Waals surface area contributed by atoms with Crippen LogP contribution in [-0.2, 0) is 21.6 Å². The van der Waals surface area contributed by atoms with E-state index >= 15 is 0 Å². The Morgan fingerprint density at radius 1 is 1.26 bits per heavy atom. The molecule has 0 radical (unpaired) electrons. The number of benzene rings is 1. The molecule has 0 saturated heterocycles. The van der Waals surface area contributed by atoms with Gasteiger partial charge in [-0.25, -0.2) is 13.1 Å². The molecular weight excluding hydrogens is 333 g/mol. The van der Waals surface area contributed by atoms with Gasteiger partial charge in [0.25, 0.3) is 5.56 Å². The molecule has 2 aromatic rings. The summed E-state index contributed by atoms with van der Waals surface area (Å²) in [4.78, 5) is 13.9. The third kappa shape index (κ3) is 4.46. The average molecular weight is 349 g/mol. The maximum atomic E-state index is 12.6. The van der Waals surface area contributed by atoms with Gasteiger partial charge in [-0.1, -0.05) is 18.2 Å². The van der Waals surface area contributed by atoms with Crippen LogP contribution in [0.5, 0.6) is 0 Å². The Morgan fingerprint density at radius 3 is 2.35 bits per heavy atom. The van der Waals surface area contributed by atoms with Crippen molar-refractivity contribution in [2.24, 2.45) is 7.05 Å². The molecule has 1 aromatic carbocycles. The van der Waals surface area contributed by atoms with Gasteiger partial charge in [-0.3, -0.25) is 13.7 Å². The van der Waals surface area contributed by atoms with Crippen molar-refractivity contribution >= 4 is 16.1 Å². The van der Waals surface area contributed by atoms with E-state index in [1.807, 2.05) is 6.07 Å². The minimum atomic E-state index is -4.82. The zero-order valence-electron chi connectivity index (χ0n) is 13.4. The molecule has 0 spiro atoms. The number of nitrogens with zero attached hydrogens (tertiary/aromatic N) is 3. The summed E-state index contributed by atoms with van der Waals surface area (Å²) >= 11 is 0. The molecule has 8 nitrogen and oxygen atoms in total. The summed E-state index contributed by atoms with van der Waals surface area (Å²) in [6.45, 7) is 1.19. The van der Waals surface area contributed by atoms with E-state index in [4.69, 9.17) is 0 Å². The molecule has 0 unspecified atom stereocenters. The number of para-hydroxylation sites is 1. The van der Waals surface area contributed by atoms with Gasteiger partial charge in [0, 0.05) is 14.1 Å². The van der Waals surface area contributed by atoms with Gasteiger partial charge in [0.05, 0.1) is 11.4 Å². The first-order chi connectivity index (χ1) is 10.2. The molecule has 23 heavy (non-hydrogen) atoms. The van der Waals surface area contributed by atoms with Gasteiger partial charge >= 0.3 is 29.6 Å². The van der Waals surface area contributed by atoms with Crippen molar-refractivity contribution in [1.82, 2.24) is 9.36 Å². The first-order valence-electron chi connectivity index (χ1n) is 6.38. The van der Waals surface area contributed by atoms with Crippen LogP contribution in [-0.4, -0.2) is 36.1 Å². The number of hydrogen-bond donors (Lipinski definition) is 0. The van der Waals surface area contributed by atoms with Crippen LogP contribution in [0, 0.1) is 6.92 Å². The Balaban J connectivity index is 0.00000264. The number of anilines is 1. The minimum absolute atomic E-state index is 0. The maximum absolute atomic E-state index is 12.6. The number of aromatic nitrogens is 2. The van der Waals surface area contributed by atoms with Crippen molar-refractivity contribution in [1.29, 1.82) is 0 Å². The van der Waals surface area contributed by atoms with Crippen molar-refractivity contribution in [3.8, 4) is 5.69 Å². The first kappa shape index (κ1) is 19.9. The monoisotopic (exact) mass is 349 g/mol. The predicted molar refractivity (Wildman–Crippen MR) is 79.8 cm³/mol. The second-order valence-corrected chi connectivity index (χ2v) is 5.82. The van der Waals surface area contributed by atoms with Gasteiger partial charge in [-0.15, -0.1) is 0 Å². The summed E-state index contributed by atoms with van der Waals surface area (Å²) in [6.07, 6.45) is 0. The molecule has 0 bridgehead atoms. The molecule has 0 aliphatic heterocycles. The molecule has 0 atom stereocenters. The smallest absolute Gasteiger partial charge is 0.725 e. The van der Waals surface area contributed by atoms with Crippen LogP contribution in [0.2, 0.25) is 0 Å². The van der Waals surface area contributed by atoms with Gasteiger partial charge in [-0.05, 0) is 19.1 Å². The molecule has 10 heteroatoms. The van der Waals surface area contributed by atoms with E-state index in [-0.39, 0.29) is 40.8 Å². The van der Waals surface area contributed by atoms with E-state index in [9.17, 15) is 17.8 Å². The summed E-state index contributed by atoms with van der Waals surface area (Å²) in [6, 6.07) is 9.01. The van der Waals surface area contributed by atoms with Gasteiger partial charge in [0.2, 0.25) is 10.4 Å². The predicted octanol–water partition coefficient (Wildman–Crippen LogP) is -2.64. The van der Waals surface area contributed by atoms with Gasteiger partial charge in [0.1, 0.15) is 12.4 Å². The van der Waals surface area contributed by atoms with Crippen LogP contribution in [0.1, 0.15) is 5.69 Å². The second kappa shape index (κ2) is 7.65. The third-order valence-electron chi connectivity index (χ3n) is 3.30. The van der Waals surface area contributed by atoms with E-state index < -0.39 is 17.1 Å². The molecule has 0 fully saturated rings. The molecular formula is C13H16N3NaO5S. The summed E-state index contributed by atoms with van der Waals surface area (Å²) in [5, 5.41) is 0. The fraction of sp³-hybridized carbons (Fsp3) is 0.308. The number of hydrogen-bond acceptors (Lipinski definition) is 6. The summed E-state index contributed by atoms with van der Waals surface area (Å²) < 4.78 is 38.9. The molecule has 0 aliphatic carbocycles. The van der Waals surface area contributed by atoms with E-state index in [1.54, 1.807) is 42.9 Å². The van der Waals surface area contributed by atoms with E-state index in [0.717, 1.165) is 0 Å². The quantitative estimate of drug-likeness (QED) is 0.253. The van der Waals surface area contributed by atoms with E-state index in [2.05, 4.69) is 4.18 Å². The Bertz CT molecular complexity index is 829. The third-order valence-corrected chi connectivity index (χ3v) is 3.69. The molecule has 0 aliphatic rings. The van der Waals surface area contributed by atoms with Crippen LogP contribution in [0.4, 0.5) is 5.69 Å². The number of rotatable bonds is 5. The Morgan fingerprint density at radius 2 is 1.83 bits per heavy atom. The summed E-state index contributed by atoms with van der Waals surface area (Å²) in [5.41, 5.74) is 1.22. The zero-order valence-corrected chi connectivity index (χ0v) is 16.2. The molecule has 0 N–H and O–H groups in total. The SMILES string of the molecule is Cc1c(N(C)COS(=O)(=O)[O-])c(=O)n(-c2ccccc2)n1C.[Na+]. The van der Waals surface area contributed by atoms with E-state index in [1.165, 1.54) is 16.6 Å². The minimum Gasteiger partial charge on any atom is -0.725 e. The molecule has 0 saturated carbocycles. The first-order valence-corrected chi connectivity index (χ1v) is 7.71. The van der Waals surface area contributed by atoms with Gasteiger partial charge in [-0.2, -0.15) is 0 Å². The van der Waals surface area contributed by atoms with Crippen LogP contribution >= 0.6 is 0 Å². The van der Waals surface area contributed by atoms with Crippen molar-refractivity contribution in [2.45, 2.75) is 6.92 Å². The zero-order chi connectivity index (χ0) is 16.5. The average Bonchev–Trinajstić information content (AvgIpc) is 2.67. The summed E-state index contributed by atoms with van der Waals surface area (Å²) in [5.74, 6) is 0. The molecule has 0 amide bonds. The standard InChI is InChI=1S/C13H17N3O5S.Na/c1-10-12(14(2)9-21-22(18,19)20)13(17)16(15(10)3)11-7-5-4-6-8-11;/h4-8H,9H2,1-3H3,(H,18,19,20);/q;+1/p-1. The fourth-order valence-corrected chi connectivity index (χ4v) is 2.49. The normalized spacial score (nSPS) is 11.1. The Labute approximate surface area is 156 Å². The summed E-state index contributed by atoms with van der Waals surface area (Å²) in [7, 11) is -1.62. The topological polar surface area (TPSA) is 96.6 Å². The van der Waals surface area contributed by atoms with Gasteiger partial charge < -0.3 is 9.45 Å². The van der Waals surface area contributed by atoms with Crippen LogP contribution < -0.4 is 40.0 Å². The van der Waals surface area contributed by atoms with Crippen molar-refractivity contribution in [3.05, 3.63) is 46.4 Å². The molecule has 120 valence electrons. The molecule has 1 heterocycles. The molecule has 1 aromatic heterocycles. The van der Waals surface area contributed by atoms with Gasteiger partial charge in [0.15, 0.2) is 0 Å². The Hall–Kier alpha value is -1.10. The Kier molecular flexibility index (Phi) is 6.63. The van der Waals surface area contributed by atoms with Crippen molar-refractivity contribution in [3.63, 3.8) is 0 Å². The largest absolute Gasteiger partial charge is 1.00 e. The maximum Gasteiger partial charge on any atom is 1.00 e. The van der Waals surface area contributed by atoms with Crippen LogP contribution in [0.15, 0.2) is 35.1 Å².